The van der Waals surface area contributed by atoms with Crippen LogP contribution in [-0.2, 0) is 0 Å². The molecular weight excluding hydrogens is 263 g/mol. The first-order valence-electron chi connectivity index (χ1n) is 5.90. The lowest BCUT2D eigenvalue weighted by molar-refractivity contribution is 0.623. The fraction of sp³-hybridized carbons (Fsp3) is 0.133. The van der Waals surface area contributed by atoms with E-state index in [1.165, 1.54) is 12.1 Å². The minimum atomic E-state index is -0.479. The molecule has 2 aromatic carbocycles. The molecular formula is C15H14ClFN2. The topological polar surface area (TPSA) is 38.4 Å². The van der Waals surface area contributed by atoms with Gasteiger partial charge < -0.3 is 5.73 Å². The molecule has 0 aliphatic carbocycles. The van der Waals surface area contributed by atoms with Crippen LogP contribution in [0.5, 0.6) is 0 Å². The van der Waals surface area contributed by atoms with E-state index in [0.29, 0.717) is 11.3 Å². The summed E-state index contributed by atoms with van der Waals surface area (Å²) in [6.07, 6.45) is 1.75. The third-order valence-electron chi connectivity index (χ3n) is 2.82. The molecule has 0 aliphatic rings. The van der Waals surface area contributed by atoms with Crippen LogP contribution >= 0.6 is 11.6 Å². The minimum absolute atomic E-state index is 0.0282. The van der Waals surface area contributed by atoms with Gasteiger partial charge in [0.25, 0.3) is 0 Å². The number of nitrogen functional groups attached to an aromatic ring is 1. The molecule has 4 heteroatoms. The Kier molecular flexibility index (Phi) is 4.17. The molecule has 0 amide bonds. The van der Waals surface area contributed by atoms with E-state index in [9.17, 15) is 4.39 Å². The third kappa shape index (κ3) is 3.32. The molecule has 19 heavy (non-hydrogen) atoms. The summed E-state index contributed by atoms with van der Waals surface area (Å²) in [5, 5.41) is 0.0282. The first-order chi connectivity index (χ1) is 9.08. The fourth-order valence-electron chi connectivity index (χ4n) is 1.76. The van der Waals surface area contributed by atoms with Gasteiger partial charge in [0, 0.05) is 17.5 Å². The number of halogens is 2. The monoisotopic (exact) mass is 276 g/mol. The molecule has 2 aromatic rings. The highest BCUT2D eigenvalue weighted by Gasteiger charge is 2.11. The predicted molar refractivity (Wildman–Crippen MR) is 78.3 cm³/mol. The molecule has 2 N–H and O–H groups in total. The van der Waals surface area contributed by atoms with Crippen molar-refractivity contribution in [2.75, 3.05) is 5.73 Å². The fourth-order valence-corrected chi connectivity index (χ4v) is 1.93. The maximum atomic E-state index is 13.4. The summed E-state index contributed by atoms with van der Waals surface area (Å²) < 4.78 is 13.4. The summed E-state index contributed by atoms with van der Waals surface area (Å²) in [5.74, 6) is -0.479. The van der Waals surface area contributed by atoms with E-state index in [1.54, 1.807) is 6.21 Å². The molecule has 98 valence electrons. The van der Waals surface area contributed by atoms with Crippen LogP contribution in [0.3, 0.4) is 0 Å². The van der Waals surface area contributed by atoms with E-state index < -0.39 is 5.82 Å². The van der Waals surface area contributed by atoms with Crippen LogP contribution in [0, 0.1) is 5.82 Å². The normalized spacial score (nSPS) is 12.8. The van der Waals surface area contributed by atoms with Crippen molar-refractivity contribution in [1.82, 2.24) is 0 Å². The van der Waals surface area contributed by atoms with Crippen LogP contribution in [-0.4, -0.2) is 6.21 Å². The Hall–Kier alpha value is -1.87. The van der Waals surface area contributed by atoms with Crippen LogP contribution in [0.25, 0.3) is 0 Å². The Morgan fingerprint density at radius 1 is 1.26 bits per heavy atom. The minimum Gasteiger partial charge on any atom is -0.398 e. The third-order valence-corrected chi connectivity index (χ3v) is 3.11. The molecule has 0 saturated heterocycles. The second kappa shape index (κ2) is 5.85. The Labute approximate surface area is 116 Å². The number of nitrogens with zero attached hydrogens (tertiary/aromatic N) is 1. The van der Waals surface area contributed by atoms with Gasteiger partial charge in [-0.1, -0.05) is 41.9 Å². The lowest BCUT2D eigenvalue weighted by atomic mass is 10.1. The summed E-state index contributed by atoms with van der Waals surface area (Å²) in [7, 11) is 0. The summed E-state index contributed by atoms with van der Waals surface area (Å²) in [5.41, 5.74) is 7.91. The van der Waals surface area contributed by atoms with Crippen molar-refractivity contribution < 1.29 is 4.39 Å². The Balaban J connectivity index is 2.23. The molecule has 1 atom stereocenters. The van der Waals surface area contributed by atoms with Crippen LogP contribution in [0.1, 0.15) is 24.1 Å². The van der Waals surface area contributed by atoms with E-state index in [0.717, 1.165) is 5.56 Å². The van der Waals surface area contributed by atoms with E-state index in [-0.39, 0.29) is 11.1 Å². The average Bonchev–Trinajstić information content (AvgIpc) is 2.41. The average molecular weight is 277 g/mol. The van der Waals surface area contributed by atoms with Gasteiger partial charge in [0.2, 0.25) is 0 Å². The van der Waals surface area contributed by atoms with Gasteiger partial charge in [-0.15, -0.1) is 0 Å². The van der Waals surface area contributed by atoms with Crippen molar-refractivity contribution >= 4 is 23.5 Å². The van der Waals surface area contributed by atoms with Gasteiger partial charge in [-0.05, 0) is 24.6 Å². The number of benzene rings is 2. The largest absolute Gasteiger partial charge is 0.398 e. The lowest BCUT2D eigenvalue weighted by Crippen LogP contribution is -1.99. The summed E-state index contributed by atoms with van der Waals surface area (Å²) in [4.78, 5) is 4.38. The highest BCUT2D eigenvalue weighted by atomic mass is 35.5. The van der Waals surface area contributed by atoms with Crippen molar-refractivity contribution in [3.63, 3.8) is 0 Å². The van der Waals surface area contributed by atoms with Gasteiger partial charge in [-0.2, -0.15) is 0 Å². The lowest BCUT2D eigenvalue weighted by Gasteiger charge is -2.11. The zero-order valence-corrected chi connectivity index (χ0v) is 11.2. The molecule has 0 saturated carbocycles. The van der Waals surface area contributed by atoms with E-state index in [4.69, 9.17) is 17.3 Å². The molecule has 0 aliphatic heterocycles. The van der Waals surface area contributed by atoms with Crippen LogP contribution in [0.15, 0.2) is 47.5 Å². The van der Waals surface area contributed by atoms with Gasteiger partial charge in [0.05, 0.1) is 11.1 Å². The Bertz CT molecular complexity index is 597. The number of rotatable bonds is 3. The summed E-state index contributed by atoms with van der Waals surface area (Å²) in [6, 6.07) is 12.2. The molecule has 0 heterocycles. The van der Waals surface area contributed by atoms with Crippen molar-refractivity contribution in [3.05, 3.63) is 64.4 Å². The van der Waals surface area contributed by atoms with Gasteiger partial charge in [-0.25, -0.2) is 4.39 Å². The van der Waals surface area contributed by atoms with Crippen LogP contribution < -0.4 is 5.73 Å². The van der Waals surface area contributed by atoms with Crippen molar-refractivity contribution in [3.8, 4) is 0 Å². The molecule has 0 fully saturated rings. The maximum Gasteiger partial charge on any atom is 0.142 e. The SMILES string of the molecule is CC(N=Cc1ccccc1)c1cc(F)c(Cl)cc1N. The first kappa shape index (κ1) is 13.6. The standard InChI is InChI=1S/C15H14ClFN2/c1-10(19-9-11-5-3-2-4-6-11)12-7-14(17)13(16)8-15(12)18/h2-10H,18H2,1H3. The van der Waals surface area contributed by atoms with Gasteiger partial charge in [-0.3, -0.25) is 4.99 Å². The van der Waals surface area contributed by atoms with E-state index in [1.807, 2.05) is 37.3 Å². The smallest absolute Gasteiger partial charge is 0.142 e. The Morgan fingerprint density at radius 2 is 1.95 bits per heavy atom. The number of hydrogen-bond acceptors (Lipinski definition) is 2. The molecule has 2 nitrogen and oxygen atoms in total. The van der Waals surface area contributed by atoms with Gasteiger partial charge in [0.1, 0.15) is 5.82 Å². The summed E-state index contributed by atoms with van der Waals surface area (Å²) in [6.45, 7) is 1.86. The number of aliphatic imine (C=N–C) groups is 1. The van der Waals surface area contributed by atoms with Crippen molar-refractivity contribution in [1.29, 1.82) is 0 Å². The second-order valence-corrected chi connectivity index (χ2v) is 4.67. The maximum absolute atomic E-state index is 13.4. The zero-order chi connectivity index (χ0) is 13.8. The molecule has 0 radical (unpaired) electrons. The molecule has 0 aromatic heterocycles. The number of hydrogen-bond donors (Lipinski definition) is 1. The molecule has 1 unspecified atom stereocenters. The Morgan fingerprint density at radius 3 is 2.63 bits per heavy atom. The molecule has 0 bridgehead atoms. The van der Waals surface area contributed by atoms with Crippen molar-refractivity contribution in [2.24, 2.45) is 4.99 Å². The summed E-state index contributed by atoms with van der Waals surface area (Å²) >= 11 is 5.67. The highest BCUT2D eigenvalue weighted by Crippen LogP contribution is 2.28. The number of anilines is 1. The van der Waals surface area contributed by atoms with E-state index >= 15 is 0 Å². The van der Waals surface area contributed by atoms with E-state index in [2.05, 4.69) is 4.99 Å². The predicted octanol–water partition coefficient (Wildman–Crippen LogP) is 4.24. The van der Waals surface area contributed by atoms with Crippen LogP contribution in [0.2, 0.25) is 5.02 Å². The number of nitrogens with two attached hydrogens (primary N) is 1. The van der Waals surface area contributed by atoms with Gasteiger partial charge >= 0.3 is 0 Å². The van der Waals surface area contributed by atoms with Crippen molar-refractivity contribution in [2.45, 2.75) is 13.0 Å². The van der Waals surface area contributed by atoms with Crippen LogP contribution in [0.4, 0.5) is 10.1 Å². The second-order valence-electron chi connectivity index (χ2n) is 4.26. The highest BCUT2D eigenvalue weighted by molar-refractivity contribution is 6.31. The first-order valence-corrected chi connectivity index (χ1v) is 6.28. The molecule has 0 spiro atoms. The molecule has 2 rings (SSSR count). The zero-order valence-electron chi connectivity index (χ0n) is 10.5. The quantitative estimate of drug-likeness (QED) is 0.661. The van der Waals surface area contributed by atoms with Gasteiger partial charge in [0.15, 0.2) is 0 Å².